The van der Waals surface area contributed by atoms with Crippen LogP contribution in [0.5, 0.6) is 0 Å². The summed E-state index contributed by atoms with van der Waals surface area (Å²) in [6, 6.07) is 8.65. The zero-order valence-electron chi connectivity index (χ0n) is 10.1. The zero-order chi connectivity index (χ0) is 11.7. The number of nitrogens with zero attached hydrogens (tertiary/aromatic N) is 1. The van der Waals surface area contributed by atoms with Crippen molar-refractivity contribution in [3.8, 4) is 11.3 Å². The SMILES string of the molecule is CCCc1ccc(-c2coc(C3CC3)n2)cc1. The van der Waals surface area contributed by atoms with E-state index >= 15 is 0 Å². The maximum absolute atomic E-state index is 5.51. The fourth-order valence-corrected chi connectivity index (χ4v) is 2.07. The summed E-state index contributed by atoms with van der Waals surface area (Å²) in [6.07, 6.45) is 6.58. The third kappa shape index (κ3) is 2.26. The van der Waals surface area contributed by atoms with Gasteiger partial charge in [-0.3, -0.25) is 0 Å². The first-order chi connectivity index (χ1) is 8.36. The first-order valence-electron chi connectivity index (χ1n) is 6.41. The molecule has 17 heavy (non-hydrogen) atoms. The predicted octanol–water partition coefficient (Wildman–Crippen LogP) is 4.17. The van der Waals surface area contributed by atoms with Crippen LogP contribution in [-0.4, -0.2) is 4.98 Å². The highest BCUT2D eigenvalue weighted by atomic mass is 16.3. The molecule has 0 bridgehead atoms. The molecule has 1 saturated carbocycles. The van der Waals surface area contributed by atoms with E-state index in [1.807, 2.05) is 0 Å². The summed E-state index contributed by atoms with van der Waals surface area (Å²) in [5.74, 6) is 1.50. The van der Waals surface area contributed by atoms with Crippen molar-refractivity contribution in [2.75, 3.05) is 0 Å². The van der Waals surface area contributed by atoms with Crippen LogP contribution in [0, 0.1) is 0 Å². The molecule has 88 valence electrons. The highest BCUT2D eigenvalue weighted by Crippen LogP contribution is 2.40. The molecule has 1 aromatic carbocycles. The summed E-state index contributed by atoms with van der Waals surface area (Å²) >= 11 is 0. The summed E-state index contributed by atoms with van der Waals surface area (Å²) in [6.45, 7) is 2.20. The highest BCUT2D eigenvalue weighted by molar-refractivity contribution is 5.58. The largest absolute Gasteiger partial charge is 0.448 e. The number of hydrogen-bond acceptors (Lipinski definition) is 2. The Morgan fingerprint density at radius 3 is 2.65 bits per heavy atom. The summed E-state index contributed by atoms with van der Waals surface area (Å²) < 4.78 is 5.51. The molecule has 0 unspecified atom stereocenters. The summed E-state index contributed by atoms with van der Waals surface area (Å²) in [7, 11) is 0. The Balaban J connectivity index is 1.81. The van der Waals surface area contributed by atoms with Gasteiger partial charge in [-0.05, 0) is 24.8 Å². The number of aromatic nitrogens is 1. The lowest BCUT2D eigenvalue weighted by atomic mass is 10.1. The molecule has 1 heterocycles. The van der Waals surface area contributed by atoms with Gasteiger partial charge in [-0.15, -0.1) is 0 Å². The molecular formula is C15H17NO. The van der Waals surface area contributed by atoms with Gasteiger partial charge in [0.1, 0.15) is 12.0 Å². The molecule has 1 fully saturated rings. The van der Waals surface area contributed by atoms with E-state index in [9.17, 15) is 0 Å². The van der Waals surface area contributed by atoms with Gasteiger partial charge in [-0.1, -0.05) is 37.6 Å². The minimum atomic E-state index is 0.586. The molecule has 0 aliphatic heterocycles. The Morgan fingerprint density at radius 2 is 2.00 bits per heavy atom. The maximum Gasteiger partial charge on any atom is 0.197 e. The molecule has 2 heteroatoms. The standard InChI is InChI=1S/C15H17NO/c1-2-3-11-4-6-12(7-5-11)14-10-17-15(16-14)13-8-9-13/h4-7,10,13H,2-3,8-9H2,1H3. The van der Waals surface area contributed by atoms with Crippen molar-refractivity contribution in [3.05, 3.63) is 42.0 Å². The minimum absolute atomic E-state index is 0.586. The second kappa shape index (κ2) is 4.36. The lowest BCUT2D eigenvalue weighted by Gasteiger charge is -1.99. The topological polar surface area (TPSA) is 26.0 Å². The lowest BCUT2D eigenvalue weighted by Crippen LogP contribution is -1.84. The van der Waals surface area contributed by atoms with Crippen molar-refractivity contribution in [2.45, 2.75) is 38.5 Å². The Kier molecular flexibility index (Phi) is 2.71. The van der Waals surface area contributed by atoms with Gasteiger partial charge in [0.05, 0.1) is 0 Å². The first-order valence-corrected chi connectivity index (χ1v) is 6.41. The zero-order valence-corrected chi connectivity index (χ0v) is 10.1. The fourth-order valence-electron chi connectivity index (χ4n) is 2.07. The van der Waals surface area contributed by atoms with Crippen LogP contribution < -0.4 is 0 Å². The molecule has 1 aromatic heterocycles. The third-order valence-corrected chi connectivity index (χ3v) is 3.24. The van der Waals surface area contributed by atoms with Gasteiger partial charge in [0.2, 0.25) is 0 Å². The predicted molar refractivity (Wildman–Crippen MR) is 67.9 cm³/mol. The van der Waals surface area contributed by atoms with Crippen molar-refractivity contribution >= 4 is 0 Å². The number of aryl methyl sites for hydroxylation is 1. The Labute approximate surface area is 102 Å². The highest BCUT2D eigenvalue weighted by Gasteiger charge is 2.28. The molecule has 2 aromatic rings. The van der Waals surface area contributed by atoms with E-state index in [0.29, 0.717) is 5.92 Å². The first kappa shape index (κ1) is 10.6. The number of oxazole rings is 1. The van der Waals surface area contributed by atoms with Crippen LogP contribution in [0.15, 0.2) is 34.9 Å². The molecular weight excluding hydrogens is 210 g/mol. The van der Waals surface area contributed by atoms with E-state index in [-0.39, 0.29) is 0 Å². The molecule has 0 saturated heterocycles. The molecule has 0 spiro atoms. The van der Waals surface area contributed by atoms with Crippen molar-refractivity contribution in [1.82, 2.24) is 4.98 Å². The van der Waals surface area contributed by atoms with Gasteiger partial charge in [-0.2, -0.15) is 0 Å². The van der Waals surface area contributed by atoms with Crippen LogP contribution in [0.4, 0.5) is 0 Å². The summed E-state index contributed by atoms with van der Waals surface area (Å²) in [4.78, 5) is 4.55. The maximum atomic E-state index is 5.51. The number of benzene rings is 1. The molecule has 0 radical (unpaired) electrons. The molecule has 2 nitrogen and oxygen atoms in total. The van der Waals surface area contributed by atoms with E-state index in [0.717, 1.165) is 23.6 Å². The second-order valence-electron chi connectivity index (χ2n) is 4.79. The smallest absolute Gasteiger partial charge is 0.197 e. The van der Waals surface area contributed by atoms with Gasteiger partial charge in [-0.25, -0.2) is 4.98 Å². The van der Waals surface area contributed by atoms with Gasteiger partial charge in [0.25, 0.3) is 0 Å². The van der Waals surface area contributed by atoms with Crippen LogP contribution in [0.25, 0.3) is 11.3 Å². The quantitative estimate of drug-likeness (QED) is 0.783. The number of rotatable bonds is 4. The van der Waals surface area contributed by atoms with Crippen molar-refractivity contribution < 1.29 is 4.42 Å². The van der Waals surface area contributed by atoms with E-state index in [4.69, 9.17) is 4.42 Å². The summed E-state index contributed by atoms with van der Waals surface area (Å²) in [5, 5.41) is 0. The average molecular weight is 227 g/mol. The Bertz CT molecular complexity index is 494. The number of hydrogen-bond donors (Lipinski definition) is 0. The molecule has 3 rings (SSSR count). The molecule has 0 amide bonds. The van der Waals surface area contributed by atoms with Crippen LogP contribution >= 0.6 is 0 Å². The third-order valence-electron chi connectivity index (χ3n) is 3.24. The molecule has 0 N–H and O–H groups in total. The van der Waals surface area contributed by atoms with Crippen LogP contribution in [-0.2, 0) is 6.42 Å². The van der Waals surface area contributed by atoms with E-state index < -0.39 is 0 Å². The van der Waals surface area contributed by atoms with Gasteiger partial charge in [0, 0.05) is 11.5 Å². The van der Waals surface area contributed by atoms with Crippen LogP contribution in [0.2, 0.25) is 0 Å². The normalized spacial score (nSPS) is 15.1. The lowest BCUT2D eigenvalue weighted by molar-refractivity contribution is 0.497. The van der Waals surface area contributed by atoms with Crippen molar-refractivity contribution in [2.24, 2.45) is 0 Å². The Morgan fingerprint density at radius 1 is 1.24 bits per heavy atom. The fraction of sp³-hybridized carbons (Fsp3) is 0.400. The van der Waals surface area contributed by atoms with Gasteiger partial charge >= 0.3 is 0 Å². The average Bonchev–Trinajstić information content (AvgIpc) is 3.09. The Hall–Kier alpha value is -1.57. The monoisotopic (exact) mass is 227 g/mol. The molecule has 1 aliphatic rings. The van der Waals surface area contributed by atoms with Crippen molar-refractivity contribution in [1.29, 1.82) is 0 Å². The van der Waals surface area contributed by atoms with Crippen LogP contribution in [0.1, 0.15) is 43.6 Å². The van der Waals surface area contributed by atoms with E-state index in [1.54, 1.807) is 6.26 Å². The summed E-state index contributed by atoms with van der Waals surface area (Å²) in [5.41, 5.74) is 3.51. The van der Waals surface area contributed by atoms with Gasteiger partial charge in [0.15, 0.2) is 5.89 Å². The van der Waals surface area contributed by atoms with E-state index in [1.165, 1.54) is 24.8 Å². The minimum Gasteiger partial charge on any atom is -0.448 e. The van der Waals surface area contributed by atoms with Gasteiger partial charge < -0.3 is 4.42 Å². The van der Waals surface area contributed by atoms with E-state index in [2.05, 4.69) is 36.2 Å². The second-order valence-corrected chi connectivity index (χ2v) is 4.79. The molecule has 0 atom stereocenters. The van der Waals surface area contributed by atoms with Crippen LogP contribution in [0.3, 0.4) is 0 Å². The van der Waals surface area contributed by atoms with Crippen molar-refractivity contribution in [3.63, 3.8) is 0 Å². The molecule has 1 aliphatic carbocycles.